The molecular weight excluding hydrogens is 366 g/mol. The first kappa shape index (κ1) is 20.3. The molecular formula is C22H25N5O2. The van der Waals surface area contributed by atoms with E-state index in [1.165, 1.54) is 6.33 Å². The molecule has 3 aromatic rings. The topological polar surface area (TPSA) is 80.2 Å². The molecule has 0 unspecified atom stereocenters. The smallest absolute Gasteiger partial charge is 0.272 e. The normalized spacial score (nSPS) is 10.4. The van der Waals surface area contributed by atoms with Gasteiger partial charge in [-0.05, 0) is 42.2 Å². The van der Waals surface area contributed by atoms with Gasteiger partial charge in [0.2, 0.25) is 0 Å². The number of ether oxygens (including phenoxy) is 1. The molecule has 0 fully saturated rings. The molecule has 2 aromatic heterocycles. The number of hydrogen-bond donors (Lipinski definition) is 1. The summed E-state index contributed by atoms with van der Waals surface area (Å²) in [5.41, 5.74) is 2.63. The van der Waals surface area contributed by atoms with Crippen LogP contribution in [-0.2, 0) is 12.8 Å². The van der Waals surface area contributed by atoms with Crippen LogP contribution in [0, 0.1) is 0 Å². The lowest BCUT2D eigenvalue weighted by Crippen LogP contribution is -2.29. The van der Waals surface area contributed by atoms with Gasteiger partial charge in [-0.15, -0.1) is 0 Å². The van der Waals surface area contributed by atoms with Crippen molar-refractivity contribution >= 4 is 11.7 Å². The van der Waals surface area contributed by atoms with Crippen LogP contribution in [0.2, 0.25) is 0 Å². The molecule has 1 amide bonds. The van der Waals surface area contributed by atoms with E-state index in [-0.39, 0.29) is 5.91 Å². The first-order valence-corrected chi connectivity index (χ1v) is 9.49. The Morgan fingerprint density at radius 3 is 2.69 bits per heavy atom. The SMILES string of the molecule is COc1ccccc1CCNc1cc(C(=O)N(C)CCc2ccncc2)ncn1. The molecule has 7 heteroatoms. The molecule has 0 radical (unpaired) electrons. The Morgan fingerprint density at radius 1 is 1.10 bits per heavy atom. The first-order chi connectivity index (χ1) is 14.2. The van der Waals surface area contributed by atoms with Crippen molar-refractivity contribution in [1.82, 2.24) is 19.9 Å². The number of anilines is 1. The lowest BCUT2D eigenvalue weighted by molar-refractivity contribution is 0.0790. The summed E-state index contributed by atoms with van der Waals surface area (Å²) in [6.07, 6.45) is 6.47. The van der Waals surface area contributed by atoms with Crippen molar-refractivity contribution in [2.75, 3.05) is 32.6 Å². The van der Waals surface area contributed by atoms with E-state index >= 15 is 0 Å². The van der Waals surface area contributed by atoms with Crippen molar-refractivity contribution in [1.29, 1.82) is 0 Å². The number of rotatable bonds is 9. The number of pyridine rings is 1. The number of likely N-dealkylation sites (N-methyl/N-ethyl adjacent to an activating group) is 1. The lowest BCUT2D eigenvalue weighted by Gasteiger charge is -2.17. The maximum absolute atomic E-state index is 12.7. The summed E-state index contributed by atoms with van der Waals surface area (Å²) in [6, 6.07) is 13.5. The van der Waals surface area contributed by atoms with Gasteiger partial charge in [0.05, 0.1) is 7.11 Å². The van der Waals surface area contributed by atoms with Crippen LogP contribution in [0.3, 0.4) is 0 Å². The fourth-order valence-corrected chi connectivity index (χ4v) is 2.95. The van der Waals surface area contributed by atoms with Gasteiger partial charge in [0.1, 0.15) is 23.6 Å². The maximum Gasteiger partial charge on any atom is 0.272 e. The second-order valence-corrected chi connectivity index (χ2v) is 6.61. The Bertz CT molecular complexity index is 933. The third-order valence-corrected chi connectivity index (χ3v) is 4.61. The molecule has 0 spiro atoms. The number of carbonyl (C=O) groups excluding carboxylic acids is 1. The monoisotopic (exact) mass is 391 g/mol. The van der Waals surface area contributed by atoms with Gasteiger partial charge in [0.25, 0.3) is 5.91 Å². The number of aromatic nitrogens is 3. The van der Waals surface area contributed by atoms with E-state index in [9.17, 15) is 4.79 Å². The highest BCUT2D eigenvalue weighted by Gasteiger charge is 2.14. The zero-order valence-corrected chi connectivity index (χ0v) is 16.7. The number of nitrogens with one attached hydrogen (secondary N) is 1. The third kappa shape index (κ3) is 5.75. The molecule has 0 saturated heterocycles. The zero-order chi connectivity index (χ0) is 20.5. The summed E-state index contributed by atoms with van der Waals surface area (Å²) in [4.78, 5) is 26.7. The van der Waals surface area contributed by atoms with E-state index in [2.05, 4.69) is 20.3 Å². The first-order valence-electron chi connectivity index (χ1n) is 9.49. The zero-order valence-electron chi connectivity index (χ0n) is 16.7. The van der Waals surface area contributed by atoms with Gasteiger partial charge in [-0.25, -0.2) is 9.97 Å². The van der Waals surface area contributed by atoms with Crippen molar-refractivity contribution in [2.45, 2.75) is 12.8 Å². The predicted molar refractivity (Wildman–Crippen MR) is 112 cm³/mol. The summed E-state index contributed by atoms with van der Waals surface area (Å²) in [7, 11) is 3.44. The van der Waals surface area contributed by atoms with Crippen LogP contribution in [0.5, 0.6) is 5.75 Å². The number of amides is 1. The third-order valence-electron chi connectivity index (χ3n) is 4.61. The minimum absolute atomic E-state index is 0.130. The van der Waals surface area contributed by atoms with Crippen molar-refractivity contribution in [3.8, 4) is 5.75 Å². The lowest BCUT2D eigenvalue weighted by atomic mass is 10.1. The van der Waals surface area contributed by atoms with Gasteiger partial charge in [-0.3, -0.25) is 9.78 Å². The molecule has 0 saturated carbocycles. The van der Waals surface area contributed by atoms with E-state index in [1.54, 1.807) is 37.5 Å². The minimum Gasteiger partial charge on any atom is -0.496 e. The molecule has 3 rings (SSSR count). The van der Waals surface area contributed by atoms with Crippen molar-refractivity contribution < 1.29 is 9.53 Å². The fourth-order valence-electron chi connectivity index (χ4n) is 2.95. The average Bonchev–Trinajstić information content (AvgIpc) is 2.78. The summed E-state index contributed by atoms with van der Waals surface area (Å²) in [5.74, 6) is 1.36. The van der Waals surface area contributed by atoms with E-state index in [0.717, 1.165) is 29.7 Å². The predicted octanol–water partition coefficient (Wildman–Crippen LogP) is 2.85. The fraction of sp³-hybridized carbons (Fsp3) is 0.273. The van der Waals surface area contributed by atoms with Crippen molar-refractivity contribution in [3.05, 3.63) is 78.0 Å². The molecule has 0 aliphatic heterocycles. The molecule has 0 atom stereocenters. The van der Waals surface area contributed by atoms with Crippen molar-refractivity contribution in [3.63, 3.8) is 0 Å². The van der Waals surface area contributed by atoms with Gasteiger partial charge in [-0.2, -0.15) is 0 Å². The Kier molecular flexibility index (Phi) is 7.10. The van der Waals surface area contributed by atoms with Crippen LogP contribution in [0.25, 0.3) is 0 Å². The second kappa shape index (κ2) is 10.2. The molecule has 0 bridgehead atoms. The molecule has 7 nitrogen and oxygen atoms in total. The largest absolute Gasteiger partial charge is 0.496 e. The Labute approximate surface area is 170 Å². The van der Waals surface area contributed by atoms with Crippen LogP contribution in [0.1, 0.15) is 21.6 Å². The Morgan fingerprint density at radius 2 is 1.90 bits per heavy atom. The highest BCUT2D eigenvalue weighted by atomic mass is 16.5. The summed E-state index contributed by atoms with van der Waals surface area (Å²) in [5, 5.41) is 3.25. The molecule has 2 heterocycles. The summed E-state index contributed by atoms with van der Waals surface area (Å²) in [6.45, 7) is 1.27. The Balaban J connectivity index is 1.54. The number of nitrogens with zero attached hydrogens (tertiary/aromatic N) is 4. The minimum atomic E-state index is -0.130. The number of benzene rings is 1. The molecule has 29 heavy (non-hydrogen) atoms. The second-order valence-electron chi connectivity index (χ2n) is 6.61. The number of methoxy groups -OCH3 is 1. The average molecular weight is 391 g/mol. The van der Waals surface area contributed by atoms with Gasteiger partial charge in [0, 0.05) is 38.6 Å². The van der Waals surface area contributed by atoms with E-state index in [0.29, 0.717) is 24.6 Å². The van der Waals surface area contributed by atoms with Crippen LogP contribution in [0.15, 0.2) is 61.2 Å². The number of hydrogen-bond acceptors (Lipinski definition) is 6. The van der Waals surface area contributed by atoms with Gasteiger partial charge in [0.15, 0.2) is 0 Å². The van der Waals surface area contributed by atoms with E-state index < -0.39 is 0 Å². The molecule has 1 aromatic carbocycles. The van der Waals surface area contributed by atoms with E-state index in [4.69, 9.17) is 4.74 Å². The molecule has 0 aliphatic rings. The molecule has 0 aliphatic carbocycles. The molecule has 1 N–H and O–H groups in total. The molecule has 150 valence electrons. The summed E-state index contributed by atoms with van der Waals surface area (Å²) < 4.78 is 5.37. The van der Waals surface area contributed by atoms with Crippen LogP contribution >= 0.6 is 0 Å². The summed E-state index contributed by atoms with van der Waals surface area (Å²) >= 11 is 0. The number of para-hydroxylation sites is 1. The van der Waals surface area contributed by atoms with Crippen molar-refractivity contribution in [2.24, 2.45) is 0 Å². The van der Waals surface area contributed by atoms with Crippen LogP contribution in [-0.4, -0.2) is 53.0 Å². The van der Waals surface area contributed by atoms with Crippen LogP contribution < -0.4 is 10.1 Å². The number of carbonyl (C=O) groups is 1. The highest BCUT2D eigenvalue weighted by molar-refractivity contribution is 5.92. The van der Waals surface area contributed by atoms with E-state index in [1.807, 2.05) is 36.4 Å². The van der Waals surface area contributed by atoms with Gasteiger partial charge in [-0.1, -0.05) is 18.2 Å². The van der Waals surface area contributed by atoms with Gasteiger partial charge >= 0.3 is 0 Å². The standard InChI is InChI=1S/C22H25N5O2/c1-27(14-10-17-7-11-23-12-8-17)22(28)19-15-21(26-16-25-19)24-13-9-18-5-3-4-6-20(18)29-2/h3-8,11-12,15-16H,9-10,13-14H2,1-2H3,(H,24,25,26). The maximum atomic E-state index is 12.7. The van der Waals surface area contributed by atoms with Crippen LogP contribution in [0.4, 0.5) is 5.82 Å². The van der Waals surface area contributed by atoms with Gasteiger partial charge < -0.3 is 15.0 Å². The Hall–Kier alpha value is -3.48. The highest BCUT2D eigenvalue weighted by Crippen LogP contribution is 2.18. The quantitative estimate of drug-likeness (QED) is 0.604.